The molecule has 0 radical (unpaired) electrons. The van der Waals surface area contributed by atoms with Gasteiger partial charge in [0.05, 0.1) is 0 Å². The van der Waals surface area contributed by atoms with Crippen LogP contribution in [0.1, 0.15) is 40.0 Å². The smallest absolute Gasteiger partial charge is 0.0389 e. The van der Waals surface area contributed by atoms with Crippen LogP contribution in [0.5, 0.6) is 0 Å². The first-order valence-electron chi connectivity index (χ1n) is 5.69. The lowest BCUT2D eigenvalue weighted by atomic mass is 10.1. The minimum absolute atomic E-state index is 0.279. The molecule has 0 aromatic carbocycles. The van der Waals surface area contributed by atoms with Crippen LogP contribution >= 0.6 is 0 Å². The molecule has 2 N–H and O–H groups in total. The van der Waals surface area contributed by atoms with Crippen LogP contribution in [0.4, 0.5) is 0 Å². The van der Waals surface area contributed by atoms with Gasteiger partial charge in [-0.3, -0.25) is 4.21 Å². The SMILES string of the molecule is CCC(C)CS(=O)C1CCC(N)C1C. The average Bonchev–Trinajstić information content (AvgIpc) is 2.47. The second kappa shape index (κ2) is 5.26. The number of hydrogen-bond acceptors (Lipinski definition) is 2. The molecule has 1 aliphatic rings. The van der Waals surface area contributed by atoms with Gasteiger partial charge < -0.3 is 5.73 Å². The van der Waals surface area contributed by atoms with Gasteiger partial charge in [-0.25, -0.2) is 0 Å². The Morgan fingerprint density at radius 1 is 1.50 bits per heavy atom. The van der Waals surface area contributed by atoms with Crippen molar-refractivity contribution >= 4 is 10.8 Å². The van der Waals surface area contributed by atoms with Crippen LogP contribution in [0.15, 0.2) is 0 Å². The van der Waals surface area contributed by atoms with E-state index >= 15 is 0 Å². The molecule has 0 aliphatic heterocycles. The molecule has 0 bridgehead atoms. The first kappa shape index (κ1) is 12.2. The van der Waals surface area contributed by atoms with Crippen molar-refractivity contribution < 1.29 is 4.21 Å². The summed E-state index contributed by atoms with van der Waals surface area (Å²) < 4.78 is 12.0. The van der Waals surface area contributed by atoms with Crippen LogP contribution in [0.25, 0.3) is 0 Å². The van der Waals surface area contributed by atoms with Crippen molar-refractivity contribution in [3.63, 3.8) is 0 Å². The Balaban J connectivity index is 2.45. The van der Waals surface area contributed by atoms with Crippen molar-refractivity contribution in [2.45, 2.75) is 51.3 Å². The third-order valence-corrected chi connectivity index (χ3v) is 5.77. The van der Waals surface area contributed by atoms with Crippen molar-refractivity contribution in [2.24, 2.45) is 17.6 Å². The van der Waals surface area contributed by atoms with E-state index in [2.05, 4.69) is 20.8 Å². The van der Waals surface area contributed by atoms with Gasteiger partial charge in [-0.15, -0.1) is 0 Å². The fourth-order valence-electron chi connectivity index (χ4n) is 2.05. The molecule has 0 aromatic rings. The highest BCUT2D eigenvalue weighted by Crippen LogP contribution is 2.29. The molecule has 1 aliphatic carbocycles. The Kier molecular flexibility index (Phi) is 4.58. The van der Waals surface area contributed by atoms with Crippen LogP contribution in [0.2, 0.25) is 0 Å². The van der Waals surface area contributed by atoms with Crippen LogP contribution in [0, 0.1) is 11.8 Å². The second-order valence-electron chi connectivity index (χ2n) is 4.70. The summed E-state index contributed by atoms with van der Waals surface area (Å²) >= 11 is 0. The fraction of sp³-hybridized carbons (Fsp3) is 1.00. The van der Waals surface area contributed by atoms with Crippen molar-refractivity contribution in [3.8, 4) is 0 Å². The van der Waals surface area contributed by atoms with Crippen LogP contribution < -0.4 is 5.73 Å². The van der Waals surface area contributed by atoms with E-state index in [1.165, 1.54) is 0 Å². The first-order valence-corrected chi connectivity index (χ1v) is 7.07. The highest BCUT2D eigenvalue weighted by molar-refractivity contribution is 7.85. The third-order valence-electron chi connectivity index (χ3n) is 3.53. The molecule has 3 heteroatoms. The van der Waals surface area contributed by atoms with E-state index in [0.29, 0.717) is 17.1 Å². The van der Waals surface area contributed by atoms with E-state index in [0.717, 1.165) is 25.0 Å². The van der Waals surface area contributed by atoms with Gasteiger partial charge in [0, 0.05) is 27.8 Å². The number of hydrogen-bond donors (Lipinski definition) is 1. The van der Waals surface area contributed by atoms with Crippen LogP contribution in [0.3, 0.4) is 0 Å². The van der Waals surface area contributed by atoms with E-state index in [1.54, 1.807) is 0 Å². The molecule has 5 unspecified atom stereocenters. The predicted octanol–water partition coefficient (Wildman–Crippen LogP) is 1.91. The molecule has 1 saturated carbocycles. The minimum atomic E-state index is -0.656. The van der Waals surface area contributed by atoms with Crippen molar-refractivity contribution in [3.05, 3.63) is 0 Å². The number of rotatable bonds is 4. The normalized spacial score (nSPS) is 37.0. The summed E-state index contributed by atoms with van der Waals surface area (Å²) in [5.74, 6) is 1.89. The summed E-state index contributed by atoms with van der Waals surface area (Å²) in [4.78, 5) is 0. The Morgan fingerprint density at radius 2 is 2.14 bits per heavy atom. The molecular weight excluding hydrogens is 194 g/mol. The zero-order chi connectivity index (χ0) is 10.7. The highest BCUT2D eigenvalue weighted by atomic mass is 32.2. The Hall–Kier alpha value is 0.110. The largest absolute Gasteiger partial charge is 0.327 e. The lowest BCUT2D eigenvalue weighted by molar-refractivity contribution is 0.523. The standard InChI is InChI=1S/C11H23NOS/c1-4-8(2)7-14(13)11-6-5-10(12)9(11)3/h8-11H,4-7,12H2,1-3H3. The first-order chi connectivity index (χ1) is 6.56. The highest BCUT2D eigenvalue weighted by Gasteiger charge is 2.34. The quantitative estimate of drug-likeness (QED) is 0.781. The molecule has 14 heavy (non-hydrogen) atoms. The molecule has 2 nitrogen and oxygen atoms in total. The van der Waals surface area contributed by atoms with Crippen LogP contribution in [-0.2, 0) is 10.8 Å². The lowest BCUT2D eigenvalue weighted by Crippen LogP contribution is -2.31. The van der Waals surface area contributed by atoms with Gasteiger partial charge in [-0.2, -0.15) is 0 Å². The van der Waals surface area contributed by atoms with Gasteiger partial charge in [0.2, 0.25) is 0 Å². The van der Waals surface area contributed by atoms with E-state index < -0.39 is 10.8 Å². The Labute approximate surface area is 90.1 Å². The van der Waals surface area contributed by atoms with E-state index in [1.807, 2.05) is 0 Å². The molecule has 84 valence electrons. The Bertz CT molecular complexity index is 207. The molecular formula is C11H23NOS. The summed E-state index contributed by atoms with van der Waals surface area (Å²) in [6, 6.07) is 0.279. The van der Waals surface area contributed by atoms with Gasteiger partial charge in [0.1, 0.15) is 0 Å². The van der Waals surface area contributed by atoms with Gasteiger partial charge >= 0.3 is 0 Å². The summed E-state index contributed by atoms with van der Waals surface area (Å²) in [7, 11) is -0.656. The van der Waals surface area contributed by atoms with Gasteiger partial charge in [0.25, 0.3) is 0 Å². The minimum Gasteiger partial charge on any atom is -0.327 e. The maximum absolute atomic E-state index is 12.0. The van der Waals surface area contributed by atoms with Gasteiger partial charge in [-0.05, 0) is 24.7 Å². The van der Waals surface area contributed by atoms with E-state index in [-0.39, 0.29) is 6.04 Å². The summed E-state index contributed by atoms with van der Waals surface area (Å²) in [6.07, 6.45) is 3.24. The molecule has 0 amide bonds. The van der Waals surface area contributed by atoms with E-state index in [4.69, 9.17) is 5.73 Å². The Morgan fingerprint density at radius 3 is 2.57 bits per heavy atom. The monoisotopic (exact) mass is 217 g/mol. The van der Waals surface area contributed by atoms with Crippen molar-refractivity contribution in [1.29, 1.82) is 0 Å². The van der Waals surface area contributed by atoms with Gasteiger partial charge in [0.15, 0.2) is 0 Å². The molecule has 5 atom stereocenters. The number of nitrogens with two attached hydrogens (primary N) is 1. The molecule has 0 spiro atoms. The zero-order valence-electron chi connectivity index (χ0n) is 9.53. The third kappa shape index (κ3) is 2.80. The van der Waals surface area contributed by atoms with E-state index in [9.17, 15) is 4.21 Å². The maximum Gasteiger partial charge on any atom is 0.0389 e. The molecule has 0 heterocycles. The lowest BCUT2D eigenvalue weighted by Gasteiger charge is -2.19. The topological polar surface area (TPSA) is 43.1 Å². The van der Waals surface area contributed by atoms with Crippen molar-refractivity contribution in [1.82, 2.24) is 0 Å². The molecule has 0 aromatic heterocycles. The maximum atomic E-state index is 12.0. The molecule has 0 saturated heterocycles. The summed E-state index contributed by atoms with van der Waals surface area (Å²) in [5, 5.41) is 0.360. The zero-order valence-corrected chi connectivity index (χ0v) is 10.3. The second-order valence-corrected chi connectivity index (χ2v) is 6.40. The average molecular weight is 217 g/mol. The van der Waals surface area contributed by atoms with Crippen LogP contribution in [-0.4, -0.2) is 21.3 Å². The summed E-state index contributed by atoms with van der Waals surface area (Å²) in [5.41, 5.74) is 5.94. The van der Waals surface area contributed by atoms with Gasteiger partial charge in [-0.1, -0.05) is 27.2 Å². The molecule has 1 rings (SSSR count). The summed E-state index contributed by atoms with van der Waals surface area (Å²) in [6.45, 7) is 6.49. The predicted molar refractivity (Wildman–Crippen MR) is 62.6 cm³/mol. The fourth-order valence-corrected chi connectivity index (χ4v) is 4.17. The van der Waals surface area contributed by atoms with Crippen molar-refractivity contribution in [2.75, 3.05) is 5.75 Å². The molecule has 1 fully saturated rings.